The fourth-order valence-electron chi connectivity index (χ4n) is 3.60. The fraction of sp³-hybridized carbons (Fsp3) is 0.455. The zero-order valence-corrected chi connectivity index (χ0v) is 16.1. The van der Waals surface area contributed by atoms with E-state index in [0.29, 0.717) is 6.42 Å². The first-order chi connectivity index (χ1) is 12.2. The molecule has 1 aromatic carbocycles. The van der Waals surface area contributed by atoms with Crippen LogP contribution >= 0.6 is 0 Å². The minimum atomic E-state index is -0.241. The topological polar surface area (TPSA) is 33.2 Å². The molecule has 1 aliphatic heterocycles. The number of carbonyl (C=O) groups excluding carboxylic acids is 1. The first-order valence-corrected chi connectivity index (χ1v) is 9.27. The van der Waals surface area contributed by atoms with Crippen LogP contribution in [0.15, 0.2) is 36.4 Å². The van der Waals surface area contributed by atoms with E-state index in [4.69, 9.17) is 4.98 Å². The number of carbonyl (C=O) groups is 1. The molecule has 3 nitrogen and oxygen atoms in total. The lowest BCUT2D eigenvalue weighted by atomic mass is 9.91. The van der Waals surface area contributed by atoms with Gasteiger partial charge in [-0.2, -0.15) is 0 Å². The van der Waals surface area contributed by atoms with E-state index in [2.05, 4.69) is 20.8 Å². The van der Waals surface area contributed by atoms with Crippen molar-refractivity contribution >= 4 is 5.91 Å². The van der Waals surface area contributed by atoms with Crippen molar-refractivity contribution < 1.29 is 9.18 Å². The monoisotopic (exact) mass is 354 g/mol. The highest BCUT2D eigenvalue weighted by atomic mass is 19.1. The van der Waals surface area contributed by atoms with Crippen LogP contribution in [-0.4, -0.2) is 22.3 Å². The van der Waals surface area contributed by atoms with Gasteiger partial charge in [0.25, 0.3) is 0 Å². The molecule has 0 aliphatic carbocycles. The molecule has 0 saturated carbocycles. The average Bonchev–Trinajstić information content (AvgIpc) is 3.03. The fourth-order valence-corrected chi connectivity index (χ4v) is 3.60. The predicted molar refractivity (Wildman–Crippen MR) is 102 cm³/mol. The Morgan fingerprint density at radius 3 is 2.54 bits per heavy atom. The summed E-state index contributed by atoms with van der Waals surface area (Å²) in [5, 5.41) is 0. The quantitative estimate of drug-likeness (QED) is 0.750. The third kappa shape index (κ3) is 4.29. The summed E-state index contributed by atoms with van der Waals surface area (Å²) >= 11 is 0. The Hall–Kier alpha value is -2.23. The van der Waals surface area contributed by atoms with Crippen LogP contribution in [0.1, 0.15) is 57.5 Å². The molecule has 26 heavy (non-hydrogen) atoms. The van der Waals surface area contributed by atoms with Gasteiger partial charge in [0.2, 0.25) is 5.91 Å². The molecule has 0 spiro atoms. The number of pyridine rings is 1. The smallest absolute Gasteiger partial charge is 0.223 e. The van der Waals surface area contributed by atoms with Gasteiger partial charge in [-0.3, -0.25) is 9.78 Å². The van der Waals surface area contributed by atoms with Crippen LogP contribution < -0.4 is 0 Å². The number of amides is 1. The summed E-state index contributed by atoms with van der Waals surface area (Å²) in [6.07, 6.45) is 2.48. The Morgan fingerprint density at radius 2 is 1.88 bits per heavy atom. The van der Waals surface area contributed by atoms with Crippen LogP contribution in [0.5, 0.6) is 0 Å². The largest absolute Gasteiger partial charge is 0.334 e. The molecule has 1 atom stereocenters. The summed E-state index contributed by atoms with van der Waals surface area (Å²) in [5.41, 5.74) is 3.80. The molecule has 1 amide bonds. The highest BCUT2D eigenvalue weighted by Gasteiger charge is 2.32. The lowest BCUT2D eigenvalue weighted by molar-refractivity contribution is -0.134. The van der Waals surface area contributed by atoms with Gasteiger partial charge >= 0.3 is 0 Å². The number of benzene rings is 1. The Kier molecular flexibility index (Phi) is 5.12. The lowest BCUT2D eigenvalue weighted by Crippen LogP contribution is -2.33. The molecule has 0 bridgehead atoms. The third-order valence-electron chi connectivity index (χ3n) is 4.75. The van der Waals surface area contributed by atoms with Crippen LogP contribution in [0.4, 0.5) is 4.39 Å². The molecule has 0 N–H and O–H groups in total. The summed E-state index contributed by atoms with van der Waals surface area (Å²) in [6, 6.07) is 10.6. The van der Waals surface area contributed by atoms with Crippen LogP contribution in [0.3, 0.4) is 0 Å². The van der Waals surface area contributed by atoms with Crippen molar-refractivity contribution in [3.8, 4) is 11.1 Å². The second-order valence-electron chi connectivity index (χ2n) is 8.41. The second-order valence-corrected chi connectivity index (χ2v) is 8.41. The van der Waals surface area contributed by atoms with Crippen LogP contribution in [0.25, 0.3) is 11.1 Å². The van der Waals surface area contributed by atoms with Crippen molar-refractivity contribution in [1.29, 1.82) is 0 Å². The average molecular weight is 354 g/mol. The van der Waals surface area contributed by atoms with Crippen molar-refractivity contribution in [2.75, 3.05) is 6.54 Å². The van der Waals surface area contributed by atoms with E-state index >= 15 is 0 Å². The molecule has 1 fully saturated rings. The van der Waals surface area contributed by atoms with E-state index in [9.17, 15) is 9.18 Å². The van der Waals surface area contributed by atoms with E-state index in [1.165, 1.54) is 12.1 Å². The molecular formula is C22H27FN2O. The number of hydrogen-bond donors (Lipinski definition) is 0. The maximum atomic E-state index is 13.2. The summed E-state index contributed by atoms with van der Waals surface area (Å²) in [7, 11) is 0. The standard InChI is InChI=1S/C22H27FN2O/c1-15-12-17(16-7-9-18(23)10-8-16)13-19(24-15)20-6-5-11-25(20)21(26)14-22(2,3)4/h7-10,12-13,20H,5-6,11,14H2,1-4H3/t20-/m0/s1. The van der Waals surface area contributed by atoms with Gasteiger partial charge < -0.3 is 4.90 Å². The van der Waals surface area contributed by atoms with E-state index < -0.39 is 0 Å². The van der Waals surface area contributed by atoms with Crippen LogP contribution in [-0.2, 0) is 4.79 Å². The predicted octanol–water partition coefficient (Wildman–Crippen LogP) is 5.30. The van der Waals surface area contributed by atoms with Crippen LogP contribution in [0.2, 0.25) is 0 Å². The zero-order chi connectivity index (χ0) is 18.9. The number of likely N-dealkylation sites (tertiary alicyclic amines) is 1. The van der Waals surface area contributed by atoms with Crippen molar-refractivity contribution in [3.05, 3.63) is 53.6 Å². The van der Waals surface area contributed by atoms with Gasteiger partial charge in [0.15, 0.2) is 0 Å². The molecule has 3 rings (SSSR count). The van der Waals surface area contributed by atoms with Gasteiger partial charge in [-0.15, -0.1) is 0 Å². The normalized spacial score (nSPS) is 17.6. The molecule has 1 saturated heterocycles. The molecule has 138 valence electrons. The third-order valence-corrected chi connectivity index (χ3v) is 4.75. The molecule has 0 unspecified atom stereocenters. The molecule has 2 heterocycles. The van der Waals surface area contributed by atoms with E-state index in [1.54, 1.807) is 12.1 Å². The molecular weight excluding hydrogens is 327 g/mol. The first kappa shape index (κ1) is 18.6. The number of rotatable bonds is 3. The molecule has 0 radical (unpaired) electrons. The Morgan fingerprint density at radius 1 is 1.19 bits per heavy atom. The Balaban J connectivity index is 1.90. The van der Waals surface area contributed by atoms with Crippen molar-refractivity contribution in [3.63, 3.8) is 0 Å². The number of aryl methyl sites for hydroxylation is 1. The molecule has 1 aromatic heterocycles. The van der Waals surface area contributed by atoms with Gasteiger partial charge in [-0.1, -0.05) is 32.9 Å². The zero-order valence-electron chi connectivity index (χ0n) is 16.1. The van der Waals surface area contributed by atoms with Crippen molar-refractivity contribution in [2.24, 2.45) is 5.41 Å². The van der Waals surface area contributed by atoms with E-state index in [0.717, 1.165) is 41.9 Å². The summed E-state index contributed by atoms with van der Waals surface area (Å²) in [4.78, 5) is 19.5. The Bertz CT molecular complexity index is 793. The molecule has 1 aliphatic rings. The first-order valence-electron chi connectivity index (χ1n) is 9.27. The van der Waals surface area contributed by atoms with Gasteiger partial charge in [0.05, 0.1) is 11.7 Å². The Labute approximate surface area is 155 Å². The highest BCUT2D eigenvalue weighted by Crippen LogP contribution is 2.35. The van der Waals surface area contributed by atoms with Crippen LogP contribution in [0, 0.1) is 18.2 Å². The SMILES string of the molecule is Cc1cc(-c2ccc(F)cc2)cc([C@@H]2CCCN2C(=O)CC(C)(C)C)n1. The number of aromatic nitrogens is 1. The highest BCUT2D eigenvalue weighted by molar-refractivity contribution is 5.77. The van der Waals surface area contributed by atoms with Crippen molar-refractivity contribution in [1.82, 2.24) is 9.88 Å². The van der Waals surface area contributed by atoms with Gasteiger partial charge in [0.1, 0.15) is 5.82 Å². The van der Waals surface area contributed by atoms with Gasteiger partial charge in [-0.05, 0) is 60.6 Å². The second kappa shape index (κ2) is 7.18. The maximum Gasteiger partial charge on any atom is 0.223 e. The minimum absolute atomic E-state index is 0.0243. The number of hydrogen-bond acceptors (Lipinski definition) is 2. The van der Waals surface area contributed by atoms with Gasteiger partial charge in [0, 0.05) is 18.7 Å². The van der Waals surface area contributed by atoms with E-state index in [-0.39, 0.29) is 23.2 Å². The van der Waals surface area contributed by atoms with Crippen molar-refractivity contribution in [2.45, 2.75) is 53.0 Å². The summed E-state index contributed by atoms with van der Waals surface area (Å²) < 4.78 is 13.2. The lowest BCUT2D eigenvalue weighted by Gasteiger charge is -2.28. The van der Waals surface area contributed by atoms with E-state index in [1.807, 2.05) is 24.0 Å². The molecule has 2 aromatic rings. The van der Waals surface area contributed by atoms with Gasteiger partial charge in [-0.25, -0.2) is 4.39 Å². The number of halogens is 1. The maximum absolute atomic E-state index is 13.2. The molecule has 4 heteroatoms. The summed E-state index contributed by atoms with van der Waals surface area (Å²) in [6.45, 7) is 9.03. The minimum Gasteiger partial charge on any atom is -0.334 e. The number of nitrogens with zero attached hydrogens (tertiary/aromatic N) is 2. The summed E-state index contributed by atoms with van der Waals surface area (Å²) in [5.74, 6) is -0.0406.